The fourth-order valence-electron chi connectivity index (χ4n) is 2.44. The fourth-order valence-corrected chi connectivity index (χ4v) is 2.44. The quantitative estimate of drug-likeness (QED) is 0.600. The molecule has 82 valence electrons. The Morgan fingerprint density at radius 3 is 2.56 bits per heavy atom. The van der Waals surface area contributed by atoms with Gasteiger partial charge in [-0.2, -0.15) is 0 Å². The van der Waals surface area contributed by atoms with Crippen molar-refractivity contribution < 1.29 is 15.3 Å². The number of hydrogen-bond acceptors (Lipinski definition) is 3. The van der Waals surface area contributed by atoms with Crippen LogP contribution in [0.15, 0.2) is 42.0 Å². The van der Waals surface area contributed by atoms with E-state index < -0.39 is 18.3 Å². The molecule has 3 N–H and O–H groups in total. The third-order valence-corrected chi connectivity index (χ3v) is 3.25. The van der Waals surface area contributed by atoms with E-state index in [-0.39, 0.29) is 0 Å². The minimum Gasteiger partial charge on any atom is -0.386 e. The van der Waals surface area contributed by atoms with Gasteiger partial charge in [0, 0.05) is 5.57 Å². The first-order chi connectivity index (χ1) is 7.70. The number of benzene rings is 1. The van der Waals surface area contributed by atoms with Crippen molar-refractivity contribution in [2.24, 2.45) is 0 Å². The lowest BCUT2D eigenvalue weighted by Crippen LogP contribution is -2.29. The molecule has 0 unspecified atom stereocenters. The molecule has 0 spiro atoms. The van der Waals surface area contributed by atoms with E-state index in [9.17, 15) is 15.3 Å². The van der Waals surface area contributed by atoms with E-state index in [2.05, 4.69) is 0 Å². The number of allylic oxidation sites excluding steroid dienone is 2. The van der Waals surface area contributed by atoms with Gasteiger partial charge in [-0.15, -0.1) is 0 Å². The third kappa shape index (κ3) is 1.13. The van der Waals surface area contributed by atoms with Crippen molar-refractivity contribution in [1.82, 2.24) is 0 Å². The Kier molecular flexibility index (Phi) is 2.01. The summed E-state index contributed by atoms with van der Waals surface area (Å²) in [6, 6.07) is 7.50. The molecule has 0 saturated heterocycles. The third-order valence-electron chi connectivity index (χ3n) is 3.25. The average molecular weight is 216 g/mol. The monoisotopic (exact) mass is 216 g/mol. The van der Waals surface area contributed by atoms with Crippen molar-refractivity contribution in [3.8, 4) is 0 Å². The lowest BCUT2D eigenvalue weighted by molar-refractivity contribution is 0.0535. The highest BCUT2D eigenvalue weighted by atomic mass is 16.3. The molecule has 3 nitrogen and oxygen atoms in total. The fraction of sp³-hybridized carbons (Fsp3) is 0.231. The zero-order chi connectivity index (χ0) is 11.3. The molecule has 0 aromatic heterocycles. The molecule has 0 aliphatic heterocycles. The second-order valence-corrected chi connectivity index (χ2v) is 4.15. The highest BCUT2D eigenvalue weighted by molar-refractivity contribution is 5.85. The van der Waals surface area contributed by atoms with Crippen molar-refractivity contribution >= 4 is 5.57 Å². The maximum atomic E-state index is 10.1. The van der Waals surface area contributed by atoms with Gasteiger partial charge < -0.3 is 15.3 Å². The predicted octanol–water partition coefficient (Wildman–Crippen LogP) is 0.779. The van der Waals surface area contributed by atoms with Gasteiger partial charge in [-0.25, -0.2) is 0 Å². The molecular weight excluding hydrogens is 204 g/mol. The highest BCUT2D eigenvalue weighted by Crippen LogP contribution is 2.44. The largest absolute Gasteiger partial charge is 0.386 e. The molecule has 3 rings (SSSR count). The van der Waals surface area contributed by atoms with Crippen molar-refractivity contribution in [3.63, 3.8) is 0 Å². The van der Waals surface area contributed by atoms with Gasteiger partial charge >= 0.3 is 0 Å². The average Bonchev–Trinajstić information content (AvgIpc) is 2.59. The molecule has 0 radical (unpaired) electrons. The van der Waals surface area contributed by atoms with Crippen molar-refractivity contribution in [3.05, 3.63) is 53.1 Å². The summed E-state index contributed by atoms with van der Waals surface area (Å²) < 4.78 is 0. The predicted molar refractivity (Wildman–Crippen MR) is 59.5 cm³/mol. The highest BCUT2D eigenvalue weighted by Gasteiger charge is 2.36. The molecular formula is C13H12O3. The van der Waals surface area contributed by atoms with Gasteiger partial charge in [0.15, 0.2) is 0 Å². The smallest absolute Gasteiger partial charge is 0.108 e. The number of aliphatic hydroxyl groups is 3. The zero-order valence-electron chi connectivity index (χ0n) is 8.54. The van der Waals surface area contributed by atoms with E-state index in [4.69, 9.17) is 0 Å². The van der Waals surface area contributed by atoms with Crippen LogP contribution in [0.2, 0.25) is 0 Å². The molecule has 0 fully saturated rings. The number of aliphatic hydroxyl groups excluding tert-OH is 3. The van der Waals surface area contributed by atoms with Crippen LogP contribution < -0.4 is 0 Å². The van der Waals surface area contributed by atoms with E-state index in [1.807, 2.05) is 24.3 Å². The summed E-state index contributed by atoms with van der Waals surface area (Å²) in [4.78, 5) is 0. The zero-order valence-corrected chi connectivity index (χ0v) is 8.54. The summed E-state index contributed by atoms with van der Waals surface area (Å²) in [6.07, 6.45) is 0.575. The van der Waals surface area contributed by atoms with Crippen molar-refractivity contribution in [1.29, 1.82) is 0 Å². The maximum Gasteiger partial charge on any atom is 0.108 e. The molecule has 2 aliphatic rings. The first-order valence-corrected chi connectivity index (χ1v) is 5.26. The first-order valence-electron chi connectivity index (χ1n) is 5.26. The van der Waals surface area contributed by atoms with Crippen LogP contribution >= 0.6 is 0 Å². The van der Waals surface area contributed by atoms with Crippen LogP contribution in [-0.2, 0) is 0 Å². The van der Waals surface area contributed by atoms with Gasteiger partial charge in [-0.1, -0.05) is 36.4 Å². The number of hydrogen-bond donors (Lipinski definition) is 3. The van der Waals surface area contributed by atoms with E-state index in [1.54, 1.807) is 12.2 Å². The van der Waals surface area contributed by atoms with Crippen molar-refractivity contribution in [2.75, 3.05) is 0 Å². The summed E-state index contributed by atoms with van der Waals surface area (Å²) >= 11 is 0. The molecule has 1 aromatic rings. The first kappa shape index (κ1) is 9.78. The molecule has 0 saturated carbocycles. The van der Waals surface area contributed by atoms with Crippen LogP contribution in [0.1, 0.15) is 17.2 Å². The summed E-state index contributed by atoms with van der Waals surface area (Å²) in [7, 11) is 0. The van der Waals surface area contributed by atoms with Gasteiger partial charge in [0.1, 0.15) is 18.3 Å². The summed E-state index contributed by atoms with van der Waals surface area (Å²) in [6.45, 7) is 0. The summed E-state index contributed by atoms with van der Waals surface area (Å²) in [5.74, 6) is 0. The van der Waals surface area contributed by atoms with E-state index in [0.717, 1.165) is 16.7 Å². The minimum absolute atomic E-state index is 0.510. The van der Waals surface area contributed by atoms with Gasteiger partial charge in [-0.3, -0.25) is 0 Å². The van der Waals surface area contributed by atoms with Crippen molar-refractivity contribution in [2.45, 2.75) is 18.3 Å². The Bertz CT molecular complexity index is 502. The molecule has 1 aromatic carbocycles. The Morgan fingerprint density at radius 1 is 1.00 bits per heavy atom. The molecule has 3 atom stereocenters. The van der Waals surface area contributed by atoms with Gasteiger partial charge in [0.05, 0.1) is 0 Å². The topological polar surface area (TPSA) is 60.7 Å². The van der Waals surface area contributed by atoms with Crippen LogP contribution in [0.4, 0.5) is 0 Å². The minimum atomic E-state index is -1.01. The second-order valence-electron chi connectivity index (χ2n) is 4.15. The SMILES string of the molecule is O[C@@H]1C2=C(C=C[C@@H]1O)c1ccccc1[C@H]2O. The van der Waals surface area contributed by atoms with Gasteiger partial charge in [-0.05, 0) is 16.7 Å². The molecule has 2 aliphatic carbocycles. The summed E-state index contributed by atoms with van der Waals surface area (Å²) in [5.41, 5.74) is 3.08. The van der Waals surface area contributed by atoms with Gasteiger partial charge in [0.2, 0.25) is 0 Å². The molecule has 0 bridgehead atoms. The lowest BCUT2D eigenvalue weighted by atomic mass is 9.92. The van der Waals surface area contributed by atoms with E-state index in [0.29, 0.717) is 5.57 Å². The number of rotatable bonds is 0. The van der Waals surface area contributed by atoms with Crippen LogP contribution in [0.5, 0.6) is 0 Å². The van der Waals surface area contributed by atoms with Crippen LogP contribution in [-0.4, -0.2) is 27.5 Å². The number of fused-ring (bicyclic) bond motifs is 2. The molecule has 0 amide bonds. The molecule has 16 heavy (non-hydrogen) atoms. The Morgan fingerprint density at radius 2 is 1.75 bits per heavy atom. The van der Waals surface area contributed by atoms with Gasteiger partial charge in [0.25, 0.3) is 0 Å². The van der Waals surface area contributed by atoms with E-state index >= 15 is 0 Å². The Balaban J connectivity index is 2.19. The van der Waals surface area contributed by atoms with Crippen LogP contribution in [0.3, 0.4) is 0 Å². The lowest BCUT2D eigenvalue weighted by Gasteiger charge is -2.23. The van der Waals surface area contributed by atoms with Crippen LogP contribution in [0.25, 0.3) is 5.57 Å². The maximum absolute atomic E-state index is 10.1. The molecule has 3 heteroatoms. The van der Waals surface area contributed by atoms with E-state index in [1.165, 1.54) is 0 Å². The normalized spacial score (nSPS) is 31.6. The summed E-state index contributed by atoms with van der Waals surface area (Å²) in [5, 5.41) is 29.5. The molecule has 0 heterocycles. The Labute approximate surface area is 93.0 Å². The Hall–Kier alpha value is -1.42. The van der Waals surface area contributed by atoms with Crippen LogP contribution in [0, 0.1) is 0 Å². The standard InChI is InChI=1S/C13H12O3/c14-10-6-5-8-7-3-1-2-4-9(7)12(15)11(8)13(10)16/h1-6,10,12-16H/t10-,12+,13-/m0/s1. The second kappa shape index (κ2) is 3.28.